The molecule has 0 radical (unpaired) electrons. The second-order valence-corrected chi connectivity index (χ2v) is 8.32. The summed E-state index contributed by atoms with van der Waals surface area (Å²) in [7, 11) is 0. The number of carbonyl (C=O) groups is 1. The van der Waals surface area contributed by atoms with Crippen LogP contribution in [0.4, 0.5) is 11.4 Å². The third-order valence-electron chi connectivity index (χ3n) is 5.27. The number of hydrogen-bond donors (Lipinski definition) is 3. The van der Waals surface area contributed by atoms with Crippen molar-refractivity contribution < 1.29 is 4.79 Å². The van der Waals surface area contributed by atoms with E-state index in [9.17, 15) is 4.79 Å². The second-order valence-electron chi connectivity index (χ2n) is 7.91. The SMILES string of the molecule is CCCCNC(=O)C(CC(C)C)C1(c2ccccc2Cl)Nc2ccccc2N1. The van der Waals surface area contributed by atoms with Gasteiger partial charge in [-0.3, -0.25) is 4.79 Å². The van der Waals surface area contributed by atoms with E-state index in [2.05, 4.69) is 36.7 Å². The van der Waals surface area contributed by atoms with Gasteiger partial charge in [0.15, 0.2) is 0 Å². The molecule has 2 aromatic carbocycles. The molecule has 1 unspecified atom stereocenters. The molecule has 28 heavy (non-hydrogen) atoms. The van der Waals surface area contributed by atoms with Crippen molar-refractivity contribution in [1.29, 1.82) is 0 Å². The average Bonchev–Trinajstić information content (AvgIpc) is 3.06. The van der Waals surface area contributed by atoms with E-state index in [0.29, 0.717) is 17.5 Å². The van der Waals surface area contributed by atoms with Crippen LogP contribution in [0.5, 0.6) is 0 Å². The third kappa shape index (κ3) is 4.12. The molecule has 0 bridgehead atoms. The Hall–Kier alpha value is -2.20. The van der Waals surface area contributed by atoms with E-state index < -0.39 is 5.66 Å². The highest BCUT2D eigenvalue weighted by Crippen LogP contribution is 2.47. The first-order valence-corrected chi connectivity index (χ1v) is 10.5. The molecule has 1 amide bonds. The summed E-state index contributed by atoms with van der Waals surface area (Å²) in [6.45, 7) is 7.11. The molecule has 1 atom stereocenters. The summed E-state index contributed by atoms with van der Waals surface area (Å²) in [5.74, 6) is 0.0835. The molecule has 3 N–H and O–H groups in total. The molecular formula is C23H30ClN3O. The maximum absolute atomic E-state index is 13.3. The van der Waals surface area contributed by atoms with Crippen molar-refractivity contribution in [3.05, 3.63) is 59.1 Å². The molecule has 1 aliphatic rings. The molecule has 0 aliphatic carbocycles. The predicted molar refractivity (Wildman–Crippen MR) is 118 cm³/mol. The van der Waals surface area contributed by atoms with Gasteiger partial charge in [0.1, 0.15) is 5.66 Å². The maximum Gasteiger partial charge on any atom is 0.227 e. The number of rotatable bonds is 8. The van der Waals surface area contributed by atoms with Gasteiger partial charge in [-0.15, -0.1) is 0 Å². The molecular weight excluding hydrogens is 370 g/mol. The lowest BCUT2D eigenvalue weighted by atomic mass is 9.80. The van der Waals surface area contributed by atoms with Crippen LogP contribution in [0.15, 0.2) is 48.5 Å². The number of benzene rings is 2. The average molecular weight is 400 g/mol. The summed E-state index contributed by atoms with van der Waals surface area (Å²) < 4.78 is 0. The number of anilines is 2. The minimum Gasteiger partial charge on any atom is -0.357 e. The van der Waals surface area contributed by atoms with Gasteiger partial charge in [0.25, 0.3) is 0 Å². The number of para-hydroxylation sites is 2. The van der Waals surface area contributed by atoms with Gasteiger partial charge in [-0.2, -0.15) is 0 Å². The molecule has 0 saturated carbocycles. The van der Waals surface area contributed by atoms with E-state index in [1.165, 1.54) is 0 Å². The van der Waals surface area contributed by atoms with Crippen LogP contribution in [0.3, 0.4) is 0 Å². The largest absolute Gasteiger partial charge is 0.357 e. The molecule has 0 saturated heterocycles. The Morgan fingerprint density at radius 3 is 2.25 bits per heavy atom. The monoisotopic (exact) mass is 399 g/mol. The van der Waals surface area contributed by atoms with Crippen molar-refractivity contribution in [2.24, 2.45) is 11.8 Å². The fraction of sp³-hybridized carbons (Fsp3) is 0.435. The van der Waals surface area contributed by atoms with E-state index in [1.54, 1.807) is 0 Å². The maximum atomic E-state index is 13.3. The van der Waals surface area contributed by atoms with Gasteiger partial charge in [-0.05, 0) is 37.0 Å². The first-order chi connectivity index (χ1) is 13.5. The van der Waals surface area contributed by atoms with Crippen molar-refractivity contribution in [2.45, 2.75) is 45.7 Å². The summed E-state index contributed by atoms with van der Waals surface area (Å²) >= 11 is 6.64. The Bertz CT molecular complexity index is 796. The first-order valence-electron chi connectivity index (χ1n) is 10.2. The normalized spacial score (nSPS) is 15.5. The van der Waals surface area contributed by atoms with Crippen molar-refractivity contribution in [1.82, 2.24) is 5.32 Å². The topological polar surface area (TPSA) is 53.2 Å². The van der Waals surface area contributed by atoms with Gasteiger partial charge >= 0.3 is 0 Å². The van der Waals surface area contributed by atoms with Crippen LogP contribution in [0.2, 0.25) is 5.02 Å². The van der Waals surface area contributed by atoms with Gasteiger partial charge < -0.3 is 16.0 Å². The number of nitrogens with one attached hydrogen (secondary N) is 3. The van der Waals surface area contributed by atoms with Crippen molar-refractivity contribution in [3.63, 3.8) is 0 Å². The minimum absolute atomic E-state index is 0.0508. The Kier molecular flexibility index (Phi) is 6.50. The lowest BCUT2D eigenvalue weighted by Crippen LogP contribution is -2.53. The molecule has 0 spiro atoms. The van der Waals surface area contributed by atoms with Gasteiger partial charge in [-0.25, -0.2) is 0 Å². The summed E-state index contributed by atoms with van der Waals surface area (Å²) in [5, 5.41) is 11.0. The molecule has 0 aromatic heterocycles. The Labute approximate surface area is 173 Å². The van der Waals surface area contributed by atoms with E-state index in [1.807, 2.05) is 48.5 Å². The number of halogens is 1. The van der Waals surface area contributed by atoms with Crippen LogP contribution in [0, 0.1) is 11.8 Å². The Balaban J connectivity index is 2.06. The van der Waals surface area contributed by atoms with E-state index in [0.717, 1.165) is 36.2 Å². The third-order valence-corrected chi connectivity index (χ3v) is 5.59. The van der Waals surface area contributed by atoms with Crippen LogP contribution < -0.4 is 16.0 Å². The molecule has 150 valence electrons. The number of amides is 1. The van der Waals surface area contributed by atoms with E-state index >= 15 is 0 Å². The summed E-state index contributed by atoms with van der Waals surface area (Å²) in [6.07, 6.45) is 2.75. The summed E-state index contributed by atoms with van der Waals surface area (Å²) in [4.78, 5) is 13.3. The standard InChI is InChI=1S/C23H30ClN3O/c1-4-5-14-25-22(28)18(15-16(2)3)23(17-10-6-7-11-19(17)24)26-20-12-8-9-13-21(20)27-23/h6-13,16,18,26-27H,4-5,14-15H2,1-3H3,(H,25,28). The lowest BCUT2D eigenvalue weighted by Gasteiger charge is -2.39. The second kappa shape index (κ2) is 8.87. The van der Waals surface area contributed by atoms with Gasteiger partial charge in [0, 0.05) is 17.1 Å². The zero-order valence-corrected chi connectivity index (χ0v) is 17.6. The van der Waals surface area contributed by atoms with E-state index in [-0.39, 0.29) is 11.8 Å². The van der Waals surface area contributed by atoms with Crippen LogP contribution in [0.1, 0.15) is 45.6 Å². The highest BCUT2D eigenvalue weighted by molar-refractivity contribution is 6.31. The fourth-order valence-corrected chi connectivity index (χ4v) is 4.18. The zero-order valence-electron chi connectivity index (χ0n) is 16.9. The van der Waals surface area contributed by atoms with Crippen molar-refractivity contribution in [3.8, 4) is 0 Å². The zero-order chi connectivity index (χ0) is 20.1. The molecule has 5 heteroatoms. The quantitative estimate of drug-likeness (QED) is 0.506. The smallest absolute Gasteiger partial charge is 0.227 e. The molecule has 4 nitrogen and oxygen atoms in total. The van der Waals surface area contributed by atoms with Crippen molar-refractivity contribution >= 4 is 28.9 Å². The number of carbonyl (C=O) groups excluding carboxylic acids is 1. The predicted octanol–water partition coefficient (Wildman–Crippen LogP) is 5.61. The molecule has 1 heterocycles. The molecule has 1 aliphatic heterocycles. The summed E-state index contributed by atoms with van der Waals surface area (Å²) in [6, 6.07) is 15.8. The Morgan fingerprint density at radius 1 is 1.07 bits per heavy atom. The van der Waals surface area contributed by atoms with Crippen molar-refractivity contribution in [2.75, 3.05) is 17.2 Å². The number of fused-ring (bicyclic) bond motifs is 1. The number of hydrogen-bond acceptors (Lipinski definition) is 3. The van der Waals surface area contributed by atoms with Gasteiger partial charge in [-0.1, -0.05) is 69.1 Å². The Morgan fingerprint density at radius 2 is 1.68 bits per heavy atom. The highest BCUT2D eigenvalue weighted by Gasteiger charge is 2.49. The number of unbranched alkanes of at least 4 members (excludes halogenated alkanes) is 1. The highest BCUT2D eigenvalue weighted by atomic mass is 35.5. The van der Waals surface area contributed by atoms with Crippen LogP contribution >= 0.6 is 11.6 Å². The fourth-order valence-electron chi connectivity index (χ4n) is 3.90. The first kappa shape index (κ1) is 20.5. The van der Waals surface area contributed by atoms with Gasteiger partial charge in [0.2, 0.25) is 5.91 Å². The summed E-state index contributed by atoms with van der Waals surface area (Å²) in [5.41, 5.74) is 2.07. The minimum atomic E-state index is -0.789. The van der Waals surface area contributed by atoms with Crippen LogP contribution in [-0.2, 0) is 10.5 Å². The van der Waals surface area contributed by atoms with Crippen LogP contribution in [0.25, 0.3) is 0 Å². The molecule has 0 fully saturated rings. The van der Waals surface area contributed by atoms with E-state index in [4.69, 9.17) is 11.6 Å². The lowest BCUT2D eigenvalue weighted by molar-refractivity contribution is -0.127. The molecule has 2 aromatic rings. The van der Waals surface area contributed by atoms with Gasteiger partial charge in [0.05, 0.1) is 17.3 Å². The van der Waals surface area contributed by atoms with Crippen LogP contribution in [-0.4, -0.2) is 12.5 Å². The molecule has 3 rings (SSSR count).